The first-order valence-corrected chi connectivity index (χ1v) is 26.4. The Kier molecular flexibility index (Phi) is 104. The maximum atomic E-state index is 4.26. The maximum Gasteiger partial charge on any atom is 0.116 e. The van der Waals surface area contributed by atoms with Gasteiger partial charge in [0.1, 0.15) is 23.7 Å². The molecule has 2 aliphatic rings. The van der Waals surface area contributed by atoms with Gasteiger partial charge in [0.2, 0.25) is 0 Å². The summed E-state index contributed by atoms with van der Waals surface area (Å²) in [4.78, 5) is 32.9. The summed E-state index contributed by atoms with van der Waals surface area (Å²) in [5.41, 5.74) is 8.75. The average Bonchev–Trinajstić information content (AvgIpc) is 4.33. The predicted octanol–water partition coefficient (Wildman–Crippen LogP) is 11.3. The maximum absolute atomic E-state index is 4.26. The molecular weight excluding hydrogens is 1460 g/mol. The monoisotopic (exact) mass is 1550 g/mol. The third-order valence-corrected chi connectivity index (χ3v) is 7.82. The van der Waals surface area contributed by atoms with Gasteiger partial charge >= 0.3 is 0 Å². The molecule has 26 heteroatoms. The number of para-hydroxylation sites is 2. The zero-order valence-corrected chi connectivity index (χ0v) is 68.7. The summed E-state index contributed by atoms with van der Waals surface area (Å²) >= 11 is 0. The Bertz CT molecular complexity index is 2160. The number of aromatic amines is 1. The topological polar surface area (TPSA) is 251 Å². The van der Waals surface area contributed by atoms with Crippen LogP contribution in [0.3, 0.4) is 0 Å². The summed E-state index contributed by atoms with van der Waals surface area (Å²) in [5.74, 6) is 0. The third kappa shape index (κ3) is 53.7. The Morgan fingerprint density at radius 2 is 0.863 bits per heavy atom. The van der Waals surface area contributed by atoms with Crippen LogP contribution in [0.25, 0.3) is 22.1 Å². The van der Waals surface area contributed by atoms with E-state index in [4.69, 9.17) is 0 Å². The van der Waals surface area contributed by atoms with Crippen LogP contribution in [0.5, 0.6) is 0 Å². The largest absolute Gasteiger partial charge is 0.582 e. The molecule has 8 heterocycles. The van der Waals surface area contributed by atoms with E-state index < -0.39 is 0 Å². The molecule has 0 amide bonds. The summed E-state index contributed by atoms with van der Waals surface area (Å²) in [5, 5.41) is 37.3. The van der Waals surface area contributed by atoms with Gasteiger partial charge in [0.15, 0.2) is 0 Å². The van der Waals surface area contributed by atoms with Crippen LogP contribution in [0.15, 0.2) is 124 Å². The number of fused-ring (bicyclic) bond motifs is 4. The first-order chi connectivity index (χ1) is 36.7. The van der Waals surface area contributed by atoms with Crippen LogP contribution in [-0.4, -0.2) is 75.4 Å². The minimum Gasteiger partial charge on any atom is -0.582 e. The molecular formula is C54H91N20Y6-5. The SMILES string of the molecule is CC.CC.CC.CC.CC.CC.CC.CC.Cn1nc2c(n1)CCCC2.Cn1nc2ccccc2n1.[Y].[Y].[Y].[Y].[Y].[Y].c1c[n-]cn1.c1ccc2[n-]cnc2c1.c1cn[n-]c1.c1nc2c([n-]1)CCCC2.c1nnc[n-]1.c1nnc[nH]1. The number of nitrogens with one attached hydrogen (secondary N) is 1. The Hall–Kier alpha value is -1.02. The van der Waals surface area contributed by atoms with Gasteiger partial charge in [0, 0.05) is 217 Å². The molecule has 2 aromatic carbocycles. The van der Waals surface area contributed by atoms with Crippen LogP contribution in [0.2, 0.25) is 0 Å². The number of hydrogen-bond acceptors (Lipinski definition) is 12. The van der Waals surface area contributed by atoms with E-state index in [0.717, 1.165) is 47.8 Å². The predicted molar refractivity (Wildman–Crippen MR) is 303 cm³/mol. The molecule has 0 saturated heterocycles. The summed E-state index contributed by atoms with van der Waals surface area (Å²) in [6, 6.07) is 17.4. The van der Waals surface area contributed by atoms with Crippen LogP contribution in [-0.2, 0) is 236 Å². The Morgan fingerprint density at radius 3 is 1.21 bits per heavy atom. The van der Waals surface area contributed by atoms with Gasteiger partial charge in [-0.25, -0.2) is 0 Å². The van der Waals surface area contributed by atoms with E-state index in [1.807, 2.05) is 173 Å². The zero-order valence-electron chi connectivity index (χ0n) is 51.7. The number of aromatic nitrogens is 20. The first-order valence-electron chi connectivity index (χ1n) is 26.4. The van der Waals surface area contributed by atoms with Gasteiger partial charge in [-0.05, 0) is 87.2 Å². The van der Waals surface area contributed by atoms with Gasteiger partial charge in [-0.3, -0.25) is 0 Å². The molecule has 0 fully saturated rings. The normalized spacial score (nSPS) is 9.12. The first kappa shape index (κ1) is 101. The standard InChI is InChI=1S/C7H11N3.C7H7N3.C7H9N2.C7H5N2.2C3H3N2.C2H3N3.C2H2N3.8C2H6.6Y/c2*1-10-8-6-4-2-3-5-7(6)9-10;2*1-2-4-7-6(3-1)8-5-9-7;1-2-5-3-4-1;1-2-4-5-3-1;2*1-3-2-5-4-1;8*1-2;;;;;;/h2-5H2,1H3;2-5H,1H3;5H,1-4H2;1-5H;2*1-3H;1-2H,(H,3,4,5);1-2H;8*1-2H3;;;;;;/q;;4*-1;;-1;;;;;;;;;;;;;;. The van der Waals surface area contributed by atoms with E-state index in [0.29, 0.717) is 0 Å². The number of nitrogens with zero attached hydrogens (tertiary/aromatic N) is 19. The van der Waals surface area contributed by atoms with E-state index in [9.17, 15) is 0 Å². The Morgan fingerprint density at radius 1 is 0.412 bits per heavy atom. The Balaban J connectivity index is -0.0000000845. The van der Waals surface area contributed by atoms with E-state index in [-0.39, 0.29) is 196 Å². The molecule has 10 aromatic rings. The van der Waals surface area contributed by atoms with Gasteiger partial charge in [-0.1, -0.05) is 196 Å². The van der Waals surface area contributed by atoms with Crippen molar-refractivity contribution in [3.8, 4) is 0 Å². The molecule has 8 aromatic heterocycles. The summed E-state index contributed by atoms with van der Waals surface area (Å²) in [6.07, 6.45) is 26.8. The van der Waals surface area contributed by atoms with Crippen LogP contribution >= 0.6 is 0 Å². The molecule has 2 aliphatic carbocycles. The number of hydrogen-bond donors (Lipinski definition) is 1. The molecule has 20 nitrogen and oxygen atoms in total. The van der Waals surface area contributed by atoms with Crippen molar-refractivity contribution >= 4 is 22.1 Å². The van der Waals surface area contributed by atoms with Gasteiger partial charge in [-0.15, -0.1) is 10.2 Å². The van der Waals surface area contributed by atoms with Crippen molar-refractivity contribution in [2.24, 2.45) is 14.1 Å². The summed E-state index contributed by atoms with van der Waals surface area (Å²) in [7, 11) is 3.71. The van der Waals surface area contributed by atoms with Crippen LogP contribution in [0.4, 0.5) is 0 Å². The average molecular weight is 1550 g/mol. The van der Waals surface area contributed by atoms with E-state index >= 15 is 0 Å². The molecule has 0 spiro atoms. The molecule has 0 bridgehead atoms. The van der Waals surface area contributed by atoms with Crippen molar-refractivity contribution in [3.05, 3.63) is 146 Å². The number of H-pyrrole nitrogens is 1. The smallest absolute Gasteiger partial charge is 0.116 e. The minimum absolute atomic E-state index is 0. The molecule has 0 atom stereocenters. The molecule has 430 valence electrons. The molecule has 6 radical (unpaired) electrons. The van der Waals surface area contributed by atoms with Crippen molar-refractivity contribution in [2.45, 2.75) is 162 Å². The second kappa shape index (κ2) is 82.2. The van der Waals surface area contributed by atoms with E-state index in [1.54, 1.807) is 53.1 Å². The van der Waals surface area contributed by atoms with Gasteiger partial charge in [-0.2, -0.15) is 36.2 Å². The van der Waals surface area contributed by atoms with E-state index in [2.05, 4.69) is 90.9 Å². The second-order valence-corrected chi connectivity index (χ2v) is 12.0. The van der Waals surface area contributed by atoms with Crippen LogP contribution < -0.4 is 25.0 Å². The fourth-order valence-electron chi connectivity index (χ4n) is 5.28. The van der Waals surface area contributed by atoms with Crippen molar-refractivity contribution in [3.63, 3.8) is 0 Å². The molecule has 80 heavy (non-hydrogen) atoms. The molecule has 12 rings (SSSR count). The minimum atomic E-state index is 0. The van der Waals surface area contributed by atoms with Crippen molar-refractivity contribution in [1.82, 2.24) is 100 Å². The van der Waals surface area contributed by atoms with Gasteiger partial charge in [0.25, 0.3) is 0 Å². The third-order valence-electron chi connectivity index (χ3n) is 7.82. The van der Waals surface area contributed by atoms with Crippen molar-refractivity contribution in [2.75, 3.05) is 0 Å². The van der Waals surface area contributed by atoms with Crippen LogP contribution in [0, 0.1) is 0 Å². The molecule has 0 saturated carbocycles. The quantitative estimate of drug-likeness (QED) is 0.148. The van der Waals surface area contributed by atoms with Gasteiger partial charge < -0.3 is 60.3 Å². The van der Waals surface area contributed by atoms with Crippen molar-refractivity contribution < 1.29 is 196 Å². The van der Waals surface area contributed by atoms with Crippen LogP contribution in [0.1, 0.15) is 159 Å². The number of aryl methyl sites for hydroxylation is 6. The fourth-order valence-corrected chi connectivity index (χ4v) is 5.28. The summed E-state index contributed by atoms with van der Waals surface area (Å²) in [6.45, 7) is 32.0. The zero-order chi connectivity index (χ0) is 56.3. The second-order valence-electron chi connectivity index (χ2n) is 12.0. The number of benzene rings is 2. The number of imidazole rings is 3. The van der Waals surface area contributed by atoms with Crippen molar-refractivity contribution in [1.29, 1.82) is 0 Å². The van der Waals surface area contributed by atoms with Gasteiger partial charge in [0.05, 0.1) is 11.4 Å². The molecule has 0 unspecified atom stereocenters. The fraction of sp³-hybridized carbons (Fsp3) is 0.481. The summed E-state index contributed by atoms with van der Waals surface area (Å²) < 4.78 is 0. The Labute approximate surface area is 632 Å². The number of rotatable bonds is 0. The van der Waals surface area contributed by atoms with E-state index in [1.165, 1.54) is 80.1 Å². The molecule has 1 N–H and O–H groups in total. The molecule has 0 aliphatic heterocycles.